The van der Waals surface area contributed by atoms with Gasteiger partial charge in [0.1, 0.15) is 0 Å². The first-order chi connectivity index (χ1) is 13.7. The fraction of sp³-hybridized carbons (Fsp3) is 0.391. The Bertz CT molecular complexity index is 856. The summed E-state index contributed by atoms with van der Waals surface area (Å²) >= 11 is 0. The van der Waals surface area contributed by atoms with Gasteiger partial charge in [0, 0.05) is 29.5 Å². The lowest BCUT2D eigenvalue weighted by atomic mass is 10.1. The Balaban J connectivity index is 1.41. The van der Waals surface area contributed by atoms with E-state index in [2.05, 4.69) is 16.7 Å². The van der Waals surface area contributed by atoms with Crippen molar-refractivity contribution < 1.29 is 9.59 Å². The molecule has 0 aromatic heterocycles. The summed E-state index contributed by atoms with van der Waals surface area (Å²) in [5.74, 6) is -0.0298. The standard InChI is InChI=1S/C23H27N3O2/c27-22(26-15-14-17-8-5-6-13-21(17)26)18-9-7-12-20(16-18)25-23(28)24-19-10-3-1-2-4-11-19/h5-9,12-13,16,19H,1-4,10-11,14-15H2,(H2,24,25,28). The molecule has 2 aromatic rings. The van der Waals surface area contributed by atoms with Crippen molar-refractivity contribution in [3.8, 4) is 0 Å². The van der Waals surface area contributed by atoms with Crippen molar-refractivity contribution in [2.75, 3.05) is 16.8 Å². The van der Waals surface area contributed by atoms with Crippen LogP contribution in [0.1, 0.15) is 54.4 Å². The maximum Gasteiger partial charge on any atom is 0.319 e. The number of urea groups is 1. The molecule has 1 fully saturated rings. The van der Waals surface area contributed by atoms with E-state index in [0.717, 1.165) is 24.9 Å². The third kappa shape index (κ3) is 4.19. The van der Waals surface area contributed by atoms with Gasteiger partial charge in [0.25, 0.3) is 5.91 Å². The Kier molecular flexibility index (Phi) is 5.60. The van der Waals surface area contributed by atoms with E-state index in [0.29, 0.717) is 17.8 Å². The van der Waals surface area contributed by atoms with E-state index in [4.69, 9.17) is 0 Å². The van der Waals surface area contributed by atoms with E-state index >= 15 is 0 Å². The summed E-state index contributed by atoms with van der Waals surface area (Å²) in [5, 5.41) is 5.97. The first kappa shape index (κ1) is 18.5. The number of amides is 3. The number of hydrogen-bond donors (Lipinski definition) is 2. The van der Waals surface area contributed by atoms with Gasteiger partial charge in [-0.25, -0.2) is 4.79 Å². The van der Waals surface area contributed by atoms with Crippen LogP contribution in [0.3, 0.4) is 0 Å². The van der Waals surface area contributed by atoms with Crippen LogP contribution < -0.4 is 15.5 Å². The zero-order valence-electron chi connectivity index (χ0n) is 16.1. The van der Waals surface area contributed by atoms with Crippen molar-refractivity contribution in [1.82, 2.24) is 5.32 Å². The molecule has 0 bridgehead atoms. The summed E-state index contributed by atoms with van der Waals surface area (Å²) in [6, 6.07) is 15.3. The van der Waals surface area contributed by atoms with Gasteiger partial charge in [0.05, 0.1) is 0 Å². The third-order valence-corrected chi connectivity index (χ3v) is 5.69. The lowest BCUT2D eigenvalue weighted by Crippen LogP contribution is -2.37. The lowest BCUT2D eigenvalue weighted by molar-refractivity contribution is 0.0989. The molecule has 0 spiro atoms. The summed E-state index contributed by atoms with van der Waals surface area (Å²) < 4.78 is 0. The monoisotopic (exact) mass is 377 g/mol. The number of benzene rings is 2. The third-order valence-electron chi connectivity index (χ3n) is 5.69. The van der Waals surface area contributed by atoms with E-state index < -0.39 is 0 Å². The fourth-order valence-corrected chi connectivity index (χ4v) is 4.21. The lowest BCUT2D eigenvalue weighted by Gasteiger charge is -2.19. The molecule has 0 radical (unpaired) electrons. The molecule has 5 nitrogen and oxygen atoms in total. The van der Waals surface area contributed by atoms with Gasteiger partial charge in [0.15, 0.2) is 0 Å². The van der Waals surface area contributed by atoms with Gasteiger partial charge in [-0.3, -0.25) is 4.79 Å². The van der Waals surface area contributed by atoms with E-state index in [1.165, 1.54) is 31.2 Å². The minimum absolute atomic E-state index is 0.0298. The quantitative estimate of drug-likeness (QED) is 0.760. The molecule has 1 saturated carbocycles. The average molecular weight is 377 g/mol. The van der Waals surface area contributed by atoms with Crippen molar-refractivity contribution in [2.24, 2.45) is 0 Å². The molecule has 28 heavy (non-hydrogen) atoms. The highest BCUT2D eigenvalue weighted by Gasteiger charge is 2.25. The highest BCUT2D eigenvalue weighted by molar-refractivity contribution is 6.08. The molecule has 3 amide bonds. The van der Waals surface area contributed by atoms with Crippen LogP contribution >= 0.6 is 0 Å². The summed E-state index contributed by atoms with van der Waals surface area (Å²) in [5.41, 5.74) is 3.42. The predicted molar refractivity (Wildman–Crippen MR) is 112 cm³/mol. The Morgan fingerprint density at radius 2 is 1.71 bits per heavy atom. The second-order valence-electron chi connectivity index (χ2n) is 7.70. The van der Waals surface area contributed by atoms with Gasteiger partial charge in [0.2, 0.25) is 0 Å². The molecule has 1 heterocycles. The largest absolute Gasteiger partial charge is 0.335 e. The van der Waals surface area contributed by atoms with Crippen LogP contribution in [0.2, 0.25) is 0 Å². The number of nitrogens with one attached hydrogen (secondary N) is 2. The highest BCUT2D eigenvalue weighted by Crippen LogP contribution is 2.29. The van der Waals surface area contributed by atoms with Crippen molar-refractivity contribution in [1.29, 1.82) is 0 Å². The summed E-state index contributed by atoms with van der Waals surface area (Å²) in [6.07, 6.45) is 7.82. The van der Waals surface area contributed by atoms with Crippen molar-refractivity contribution in [2.45, 2.75) is 51.0 Å². The smallest absolute Gasteiger partial charge is 0.319 e. The number of anilines is 2. The summed E-state index contributed by atoms with van der Waals surface area (Å²) in [7, 11) is 0. The average Bonchev–Trinajstić information content (AvgIpc) is 2.97. The number of rotatable bonds is 3. The van der Waals surface area contributed by atoms with E-state index in [1.54, 1.807) is 12.1 Å². The van der Waals surface area contributed by atoms with Crippen molar-refractivity contribution in [3.63, 3.8) is 0 Å². The van der Waals surface area contributed by atoms with Gasteiger partial charge in [-0.1, -0.05) is 49.9 Å². The van der Waals surface area contributed by atoms with Crippen LogP contribution in [0.25, 0.3) is 0 Å². The number of carbonyl (C=O) groups excluding carboxylic acids is 2. The summed E-state index contributed by atoms with van der Waals surface area (Å²) in [4.78, 5) is 27.2. The molecule has 4 rings (SSSR count). The summed E-state index contributed by atoms with van der Waals surface area (Å²) in [6.45, 7) is 0.692. The molecule has 5 heteroatoms. The number of para-hydroxylation sites is 1. The van der Waals surface area contributed by atoms with E-state index in [-0.39, 0.29) is 18.0 Å². The Morgan fingerprint density at radius 3 is 2.54 bits per heavy atom. The normalized spacial score (nSPS) is 16.9. The SMILES string of the molecule is O=C(Nc1cccc(C(=O)N2CCc3ccccc32)c1)NC1CCCCCC1. The molecular weight excluding hydrogens is 350 g/mol. The molecule has 0 atom stereocenters. The molecule has 2 N–H and O–H groups in total. The minimum atomic E-state index is -0.192. The molecule has 0 unspecified atom stereocenters. The molecular formula is C23H27N3O2. The zero-order chi connectivity index (χ0) is 19.3. The number of hydrogen-bond acceptors (Lipinski definition) is 2. The van der Waals surface area contributed by atoms with Crippen LogP contribution in [0.5, 0.6) is 0 Å². The zero-order valence-corrected chi connectivity index (χ0v) is 16.1. The predicted octanol–water partition coefficient (Wildman–Crippen LogP) is 4.73. The van der Waals surface area contributed by atoms with Gasteiger partial charge in [-0.05, 0) is 49.1 Å². The number of carbonyl (C=O) groups is 2. The van der Waals surface area contributed by atoms with Gasteiger partial charge in [-0.15, -0.1) is 0 Å². The molecule has 146 valence electrons. The van der Waals surface area contributed by atoms with Crippen LogP contribution in [-0.4, -0.2) is 24.5 Å². The maximum atomic E-state index is 13.0. The van der Waals surface area contributed by atoms with E-state index in [1.807, 2.05) is 35.2 Å². The maximum absolute atomic E-state index is 13.0. The molecule has 0 saturated heterocycles. The van der Waals surface area contributed by atoms with Crippen molar-refractivity contribution >= 4 is 23.3 Å². The molecule has 2 aromatic carbocycles. The van der Waals surface area contributed by atoms with Crippen LogP contribution in [0.4, 0.5) is 16.2 Å². The molecule has 2 aliphatic rings. The topological polar surface area (TPSA) is 61.4 Å². The first-order valence-electron chi connectivity index (χ1n) is 10.3. The van der Waals surface area contributed by atoms with Crippen LogP contribution in [0.15, 0.2) is 48.5 Å². The Morgan fingerprint density at radius 1 is 0.929 bits per heavy atom. The number of nitrogens with zero attached hydrogens (tertiary/aromatic N) is 1. The Labute approximate surface area is 166 Å². The first-order valence-corrected chi connectivity index (χ1v) is 10.3. The van der Waals surface area contributed by atoms with Crippen molar-refractivity contribution in [3.05, 3.63) is 59.7 Å². The van der Waals surface area contributed by atoms with Crippen LogP contribution in [-0.2, 0) is 6.42 Å². The minimum Gasteiger partial charge on any atom is -0.335 e. The van der Waals surface area contributed by atoms with Gasteiger partial charge < -0.3 is 15.5 Å². The second kappa shape index (κ2) is 8.46. The van der Waals surface area contributed by atoms with E-state index in [9.17, 15) is 9.59 Å². The number of fused-ring (bicyclic) bond motifs is 1. The molecule has 1 aliphatic carbocycles. The molecule has 1 aliphatic heterocycles. The van der Waals surface area contributed by atoms with Gasteiger partial charge in [-0.2, -0.15) is 0 Å². The second-order valence-corrected chi connectivity index (χ2v) is 7.70. The van der Waals surface area contributed by atoms with Gasteiger partial charge >= 0.3 is 6.03 Å². The van der Waals surface area contributed by atoms with Crippen LogP contribution in [0, 0.1) is 0 Å². The fourth-order valence-electron chi connectivity index (χ4n) is 4.21. The Hall–Kier alpha value is -2.82. The highest BCUT2D eigenvalue weighted by atomic mass is 16.2.